The molecule has 2 aromatic carbocycles. The summed E-state index contributed by atoms with van der Waals surface area (Å²) in [5.74, 6) is 0.841. The first-order valence-corrected chi connectivity index (χ1v) is 11.8. The van der Waals surface area contributed by atoms with Crippen molar-refractivity contribution in [1.29, 1.82) is 0 Å². The molecule has 0 spiro atoms. The number of phenols is 1. The van der Waals surface area contributed by atoms with Crippen LogP contribution in [0.25, 0.3) is 11.3 Å². The Kier molecular flexibility index (Phi) is 6.90. The molecule has 3 aromatic rings. The van der Waals surface area contributed by atoms with E-state index in [0.29, 0.717) is 27.7 Å². The van der Waals surface area contributed by atoms with E-state index in [-0.39, 0.29) is 28.3 Å². The Morgan fingerprint density at radius 3 is 2.82 bits per heavy atom. The summed E-state index contributed by atoms with van der Waals surface area (Å²) in [6, 6.07) is 10.5. The zero-order chi connectivity index (χ0) is 23.5. The lowest BCUT2D eigenvalue weighted by atomic mass is 10.1. The standard InChI is InChI=1S/C23H23ClN4O4S/c1-4-5-10-33-23-25-21-19(26-27-23)15-8-6-7-9-17(15)28(13(2)29)22(32-21)14-11-16(24)20(30)18(12-14)31-3/h6-9,11-12,22,30H,4-5,10H2,1-3H3. The fourth-order valence-electron chi connectivity index (χ4n) is 3.53. The van der Waals surface area contributed by atoms with Crippen molar-refractivity contribution in [3.63, 3.8) is 0 Å². The van der Waals surface area contributed by atoms with Crippen LogP contribution in [0, 0.1) is 0 Å². The number of rotatable bonds is 6. The van der Waals surface area contributed by atoms with Crippen molar-refractivity contribution in [1.82, 2.24) is 15.2 Å². The minimum absolute atomic E-state index is 0.0748. The third-order valence-electron chi connectivity index (χ3n) is 5.14. The summed E-state index contributed by atoms with van der Waals surface area (Å²) in [6.07, 6.45) is 1.16. The van der Waals surface area contributed by atoms with Gasteiger partial charge in [0.25, 0.3) is 0 Å². The van der Waals surface area contributed by atoms with Crippen molar-refractivity contribution in [3.8, 4) is 28.6 Å². The molecule has 0 saturated heterocycles. The van der Waals surface area contributed by atoms with E-state index in [1.807, 2.05) is 24.3 Å². The van der Waals surface area contributed by atoms with Gasteiger partial charge in [0.15, 0.2) is 17.2 Å². The number of ether oxygens (including phenoxy) is 2. The summed E-state index contributed by atoms with van der Waals surface area (Å²) in [7, 11) is 1.42. The molecule has 1 aliphatic rings. The quantitative estimate of drug-likeness (QED) is 0.373. The summed E-state index contributed by atoms with van der Waals surface area (Å²) in [5.41, 5.74) is 2.22. The van der Waals surface area contributed by atoms with E-state index >= 15 is 0 Å². The first-order valence-electron chi connectivity index (χ1n) is 10.4. The van der Waals surface area contributed by atoms with Gasteiger partial charge in [0.1, 0.15) is 0 Å². The van der Waals surface area contributed by atoms with Crippen LogP contribution in [-0.4, -0.2) is 39.1 Å². The molecule has 1 aliphatic heterocycles. The average Bonchev–Trinajstić information content (AvgIpc) is 2.95. The summed E-state index contributed by atoms with van der Waals surface area (Å²) in [6.45, 7) is 3.57. The average molecular weight is 487 g/mol. The largest absolute Gasteiger partial charge is 0.503 e. The normalized spacial score (nSPS) is 14.7. The molecule has 2 heterocycles. The molecule has 1 atom stereocenters. The number of hydrogen-bond donors (Lipinski definition) is 1. The van der Waals surface area contributed by atoms with E-state index in [1.54, 1.807) is 12.1 Å². The molecule has 33 heavy (non-hydrogen) atoms. The number of amides is 1. The highest BCUT2D eigenvalue weighted by Crippen LogP contribution is 2.45. The smallest absolute Gasteiger partial charge is 0.247 e. The Hall–Kier alpha value is -3.04. The van der Waals surface area contributed by atoms with Crippen LogP contribution in [0.2, 0.25) is 5.02 Å². The number of carbonyl (C=O) groups is 1. The number of phenolic OH excluding ortho intramolecular Hbond substituents is 1. The Bertz CT molecular complexity index is 1190. The number of unbranched alkanes of at least 4 members (excludes halogenated alkanes) is 1. The number of thioether (sulfide) groups is 1. The Balaban J connectivity index is 1.89. The molecule has 10 heteroatoms. The lowest BCUT2D eigenvalue weighted by molar-refractivity contribution is -0.118. The number of aromatic hydroxyl groups is 1. The maximum atomic E-state index is 12.9. The van der Waals surface area contributed by atoms with Crippen molar-refractivity contribution in [2.24, 2.45) is 0 Å². The monoisotopic (exact) mass is 486 g/mol. The molecule has 0 bridgehead atoms. The van der Waals surface area contributed by atoms with Crippen LogP contribution in [0.1, 0.15) is 38.5 Å². The van der Waals surface area contributed by atoms with Gasteiger partial charge in [-0.05, 0) is 24.6 Å². The SMILES string of the molecule is CCCCSc1nnc2c(n1)OC(c1cc(Cl)c(O)c(OC)c1)N(C(C)=O)c1ccccc1-2. The molecule has 1 unspecified atom stereocenters. The van der Waals surface area contributed by atoms with Crippen LogP contribution in [0.3, 0.4) is 0 Å². The van der Waals surface area contributed by atoms with E-state index in [4.69, 9.17) is 21.1 Å². The summed E-state index contributed by atoms with van der Waals surface area (Å²) >= 11 is 7.75. The number of aromatic nitrogens is 3. The van der Waals surface area contributed by atoms with E-state index in [1.165, 1.54) is 30.7 Å². The Morgan fingerprint density at radius 1 is 1.30 bits per heavy atom. The first kappa shape index (κ1) is 23.1. The highest BCUT2D eigenvalue weighted by atomic mass is 35.5. The van der Waals surface area contributed by atoms with Gasteiger partial charge in [-0.15, -0.1) is 10.2 Å². The fourth-order valence-corrected chi connectivity index (χ4v) is 4.61. The zero-order valence-electron chi connectivity index (χ0n) is 18.4. The zero-order valence-corrected chi connectivity index (χ0v) is 20.0. The number of fused-ring (bicyclic) bond motifs is 3. The highest BCUT2D eigenvalue weighted by Gasteiger charge is 2.35. The first-order chi connectivity index (χ1) is 15.9. The Morgan fingerprint density at radius 2 is 2.09 bits per heavy atom. The van der Waals surface area contributed by atoms with Gasteiger partial charge in [0.2, 0.25) is 23.2 Å². The molecule has 0 radical (unpaired) electrons. The summed E-state index contributed by atoms with van der Waals surface area (Å²) < 4.78 is 11.6. The molecule has 1 N–H and O–H groups in total. The van der Waals surface area contributed by atoms with E-state index < -0.39 is 6.23 Å². The molecule has 0 saturated carbocycles. The van der Waals surface area contributed by atoms with Gasteiger partial charge in [-0.3, -0.25) is 9.69 Å². The number of nitrogens with zero attached hydrogens (tertiary/aromatic N) is 4. The van der Waals surface area contributed by atoms with E-state index in [9.17, 15) is 9.90 Å². The van der Waals surface area contributed by atoms with Gasteiger partial charge in [-0.2, -0.15) is 4.98 Å². The number of carbonyl (C=O) groups excluding carboxylic acids is 1. The predicted octanol–water partition coefficient (Wildman–Crippen LogP) is 5.24. The van der Waals surface area contributed by atoms with Gasteiger partial charge in [0, 0.05) is 23.8 Å². The van der Waals surface area contributed by atoms with E-state index in [0.717, 1.165) is 18.6 Å². The number of para-hydroxylation sites is 1. The van der Waals surface area contributed by atoms with Crippen molar-refractivity contribution >= 4 is 35.0 Å². The van der Waals surface area contributed by atoms with Crippen molar-refractivity contribution in [2.75, 3.05) is 17.8 Å². The maximum absolute atomic E-state index is 12.9. The molecule has 0 aliphatic carbocycles. The van der Waals surface area contributed by atoms with Crippen LogP contribution >= 0.6 is 23.4 Å². The molecule has 1 aromatic heterocycles. The second-order valence-electron chi connectivity index (χ2n) is 7.38. The van der Waals surface area contributed by atoms with Crippen molar-refractivity contribution < 1.29 is 19.4 Å². The van der Waals surface area contributed by atoms with Gasteiger partial charge >= 0.3 is 0 Å². The van der Waals surface area contributed by atoms with Gasteiger partial charge in [-0.25, -0.2) is 0 Å². The van der Waals surface area contributed by atoms with Gasteiger partial charge in [0.05, 0.1) is 17.8 Å². The van der Waals surface area contributed by atoms with Crippen LogP contribution in [-0.2, 0) is 4.79 Å². The van der Waals surface area contributed by atoms with Gasteiger partial charge < -0.3 is 14.6 Å². The van der Waals surface area contributed by atoms with Crippen molar-refractivity contribution in [2.45, 2.75) is 38.1 Å². The topological polar surface area (TPSA) is 97.7 Å². The van der Waals surface area contributed by atoms with Crippen molar-refractivity contribution in [3.05, 3.63) is 47.0 Å². The number of benzene rings is 2. The number of hydrogen-bond acceptors (Lipinski definition) is 8. The summed E-state index contributed by atoms with van der Waals surface area (Å²) in [4.78, 5) is 19.0. The number of methoxy groups -OCH3 is 1. The minimum atomic E-state index is -0.929. The molecule has 172 valence electrons. The van der Waals surface area contributed by atoms with Crippen LogP contribution < -0.4 is 14.4 Å². The van der Waals surface area contributed by atoms with Crippen LogP contribution in [0.15, 0.2) is 41.6 Å². The lowest BCUT2D eigenvalue weighted by Crippen LogP contribution is -2.36. The van der Waals surface area contributed by atoms with Crippen LogP contribution in [0.4, 0.5) is 5.69 Å². The minimum Gasteiger partial charge on any atom is -0.503 e. The maximum Gasteiger partial charge on any atom is 0.247 e. The van der Waals surface area contributed by atoms with Crippen LogP contribution in [0.5, 0.6) is 17.4 Å². The molecule has 1 amide bonds. The fraction of sp³-hybridized carbons (Fsp3) is 0.304. The second kappa shape index (κ2) is 9.84. The highest BCUT2D eigenvalue weighted by molar-refractivity contribution is 7.99. The molecule has 8 nitrogen and oxygen atoms in total. The molecular weight excluding hydrogens is 464 g/mol. The lowest BCUT2D eigenvalue weighted by Gasteiger charge is -2.30. The molecular formula is C23H23ClN4O4S. The Labute approximate surface area is 200 Å². The van der Waals surface area contributed by atoms with Gasteiger partial charge in [-0.1, -0.05) is 54.9 Å². The third-order valence-corrected chi connectivity index (χ3v) is 6.35. The molecule has 0 fully saturated rings. The summed E-state index contributed by atoms with van der Waals surface area (Å²) in [5, 5.41) is 19.4. The molecule has 4 rings (SSSR count). The second-order valence-corrected chi connectivity index (χ2v) is 8.85. The third kappa shape index (κ3) is 4.56. The number of halogens is 1. The number of anilines is 1. The predicted molar refractivity (Wildman–Crippen MR) is 127 cm³/mol. The van der Waals surface area contributed by atoms with E-state index in [2.05, 4.69) is 22.1 Å².